The monoisotopic (exact) mass is 248 g/mol. The maximum Gasteiger partial charge on any atom is 0.174 e. The van der Waals surface area contributed by atoms with Crippen molar-refractivity contribution in [1.29, 1.82) is 0 Å². The highest BCUT2D eigenvalue weighted by molar-refractivity contribution is 6.70. The molecular formula is C11H28O2Si2. The Kier molecular flexibility index (Phi) is 5.75. The summed E-state index contributed by atoms with van der Waals surface area (Å²) in [6, 6.07) is 0. The first-order valence-corrected chi connectivity index (χ1v) is 10.7. The van der Waals surface area contributed by atoms with Crippen LogP contribution >= 0.6 is 0 Å². The van der Waals surface area contributed by atoms with Gasteiger partial charge in [-0.15, -0.1) is 0 Å². The van der Waals surface area contributed by atoms with Crippen molar-refractivity contribution in [2.45, 2.75) is 71.5 Å². The summed E-state index contributed by atoms with van der Waals surface area (Å²) >= 11 is 0. The lowest BCUT2D eigenvalue weighted by atomic mass is 10.2. The molecule has 2 unspecified atom stereocenters. The number of hydrogen-bond acceptors (Lipinski definition) is 2. The second-order valence-corrected chi connectivity index (χ2v) is 11.9. The van der Waals surface area contributed by atoms with E-state index < -0.39 is 18.1 Å². The molecule has 0 saturated heterocycles. The van der Waals surface area contributed by atoms with Crippen LogP contribution in [0.3, 0.4) is 0 Å². The van der Waals surface area contributed by atoms with E-state index in [1.807, 2.05) is 0 Å². The average molecular weight is 249 g/mol. The van der Waals surface area contributed by atoms with Gasteiger partial charge in [0.05, 0.1) is 0 Å². The summed E-state index contributed by atoms with van der Waals surface area (Å²) in [5.41, 5.74) is 1.25. The summed E-state index contributed by atoms with van der Waals surface area (Å²) < 4.78 is 12.0. The van der Waals surface area contributed by atoms with E-state index in [4.69, 9.17) is 8.85 Å². The van der Waals surface area contributed by atoms with Gasteiger partial charge in [0.1, 0.15) is 0 Å². The SMILES string of the molecule is C[SiH](C[SiH](C)OC(C)(C)C)OC(C)(C)C. The minimum absolute atomic E-state index is 0.0154. The fourth-order valence-electron chi connectivity index (χ4n) is 1.77. The maximum atomic E-state index is 6.02. The molecule has 0 saturated carbocycles. The second kappa shape index (κ2) is 5.61. The summed E-state index contributed by atoms with van der Waals surface area (Å²) in [5, 5.41) is 0. The quantitative estimate of drug-likeness (QED) is 0.712. The third-order valence-corrected chi connectivity index (χ3v) is 9.30. The van der Waals surface area contributed by atoms with Crippen LogP contribution in [-0.2, 0) is 8.85 Å². The molecule has 0 aliphatic heterocycles. The fraction of sp³-hybridized carbons (Fsp3) is 1.00. The summed E-state index contributed by atoms with van der Waals surface area (Å²) in [6.45, 7) is 17.4. The molecule has 0 N–H and O–H groups in total. The van der Waals surface area contributed by atoms with Crippen LogP contribution < -0.4 is 0 Å². The average Bonchev–Trinajstić information content (AvgIpc) is 1.73. The third-order valence-electron chi connectivity index (χ3n) is 1.77. The molecule has 0 radical (unpaired) electrons. The summed E-state index contributed by atoms with van der Waals surface area (Å²) in [7, 11) is -2.08. The zero-order valence-electron chi connectivity index (χ0n) is 11.7. The van der Waals surface area contributed by atoms with E-state index in [0.29, 0.717) is 0 Å². The Morgan fingerprint density at radius 2 is 1.00 bits per heavy atom. The fourth-order valence-corrected chi connectivity index (χ4v) is 8.69. The van der Waals surface area contributed by atoms with Gasteiger partial charge in [0.2, 0.25) is 0 Å². The molecule has 0 heterocycles. The molecule has 0 aromatic rings. The van der Waals surface area contributed by atoms with Crippen LogP contribution in [0.5, 0.6) is 0 Å². The highest BCUT2D eigenvalue weighted by Gasteiger charge is 2.22. The van der Waals surface area contributed by atoms with Crippen LogP contribution in [0.15, 0.2) is 0 Å². The van der Waals surface area contributed by atoms with Crippen molar-refractivity contribution < 1.29 is 8.85 Å². The van der Waals surface area contributed by atoms with E-state index in [2.05, 4.69) is 54.6 Å². The van der Waals surface area contributed by atoms with Crippen LogP contribution in [0.25, 0.3) is 0 Å². The van der Waals surface area contributed by atoms with Gasteiger partial charge in [0.15, 0.2) is 18.1 Å². The molecule has 0 aliphatic rings. The number of hydrogen-bond donors (Lipinski definition) is 0. The molecule has 2 atom stereocenters. The van der Waals surface area contributed by atoms with Crippen molar-refractivity contribution in [3.63, 3.8) is 0 Å². The first kappa shape index (κ1) is 15.4. The second-order valence-electron chi connectivity index (χ2n) is 6.32. The van der Waals surface area contributed by atoms with Crippen molar-refractivity contribution in [3.8, 4) is 0 Å². The van der Waals surface area contributed by atoms with E-state index in [0.717, 1.165) is 0 Å². The predicted octanol–water partition coefficient (Wildman–Crippen LogP) is 2.86. The molecule has 0 amide bonds. The Morgan fingerprint density at radius 1 is 0.733 bits per heavy atom. The van der Waals surface area contributed by atoms with Gasteiger partial charge in [-0.25, -0.2) is 0 Å². The van der Waals surface area contributed by atoms with Crippen molar-refractivity contribution in [2.75, 3.05) is 0 Å². The van der Waals surface area contributed by atoms with Gasteiger partial charge < -0.3 is 8.85 Å². The van der Waals surface area contributed by atoms with Crippen molar-refractivity contribution >= 4 is 18.1 Å². The molecular weight excluding hydrogens is 220 g/mol. The van der Waals surface area contributed by atoms with Crippen LogP contribution in [0.2, 0.25) is 18.8 Å². The van der Waals surface area contributed by atoms with Crippen molar-refractivity contribution in [1.82, 2.24) is 0 Å². The number of rotatable bonds is 4. The molecule has 4 heteroatoms. The minimum atomic E-state index is -1.04. The lowest BCUT2D eigenvalue weighted by Gasteiger charge is -2.29. The summed E-state index contributed by atoms with van der Waals surface area (Å²) in [6.07, 6.45) is 0. The zero-order valence-corrected chi connectivity index (χ0v) is 14.0. The predicted molar refractivity (Wildman–Crippen MR) is 72.5 cm³/mol. The van der Waals surface area contributed by atoms with Crippen LogP contribution in [-0.4, -0.2) is 29.3 Å². The molecule has 0 bridgehead atoms. The van der Waals surface area contributed by atoms with Crippen LogP contribution in [0, 0.1) is 0 Å². The van der Waals surface area contributed by atoms with Gasteiger partial charge in [-0.2, -0.15) is 0 Å². The van der Waals surface area contributed by atoms with Gasteiger partial charge in [-0.1, -0.05) is 0 Å². The Bertz CT molecular complexity index is 162. The van der Waals surface area contributed by atoms with Crippen LogP contribution in [0.1, 0.15) is 41.5 Å². The molecule has 0 aromatic heterocycles. The Hall–Kier alpha value is 0.354. The Labute approximate surface area is 98.8 Å². The van der Waals surface area contributed by atoms with Gasteiger partial charge in [-0.3, -0.25) is 0 Å². The largest absolute Gasteiger partial charge is 0.416 e. The van der Waals surface area contributed by atoms with E-state index in [1.54, 1.807) is 0 Å². The van der Waals surface area contributed by atoms with Crippen LogP contribution in [0.4, 0.5) is 0 Å². The summed E-state index contributed by atoms with van der Waals surface area (Å²) in [4.78, 5) is 0. The molecule has 0 rings (SSSR count). The molecule has 0 aliphatic carbocycles. The van der Waals surface area contributed by atoms with E-state index in [9.17, 15) is 0 Å². The normalized spacial score (nSPS) is 17.6. The lowest BCUT2D eigenvalue weighted by molar-refractivity contribution is 0.123. The molecule has 15 heavy (non-hydrogen) atoms. The van der Waals surface area contributed by atoms with E-state index in [-0.39, 0.29) is 11.2 Å². The van der Waals surface area contributed by atoms with Gasteiger partial charge in [0.25, 0.3) is 0 Å². The Morgan fingerprint density at radius 3 is 1.20 bits per heavy atom. The highest BCUT2D eigenvalue weighted by atomic mass is 28.4. The first-order valence-electron chi connectivity index (χ1n) is 5.85. The minimum Gasteiger partial charge on any atom is -0.416 e. The maximum absolute atomic E-state index is 6.02. The summed E-state index contributed by atoms with van der Waals surface area (Å²) in [5.74, 6) is 0. The molecule has 0 spiro atoms. The van der Waals surface area contributed by atoms with E-state index in [1.165, 1.54) is 5.67 Å². The zero-order chi connectivity index (χ0) is 12.3. The van der Waals surface area contributed by atoms with Crippen molar-refractivity contribution in [2.24, 2.45) is 0 Å². The molecule has 0 aromatic carbocycles. The smallest absolute Gasteiger partial charge is 0.174 e. The highest BCUT2D eigenvalue weighted by Crippen LogP contribution is 2.15. The lowest BCUT2D eigenvalue weighted by Crippen LogP contribution is -2.35. The van der Waals surface area contributed by atoms with E-state index >= 15 is 0 Å². The first-order chi connectivity index (χ1) is 6.49. The van der Waals surface area contributed by atoms with Gasteiger partial charge in [-0.05, 0) is 60.3 Å². The molecule has 0 fully saturated rings. The third kappa shape index (κ3) is 10.6. The standard InChI is InChI=1S/C11H28O2Si2/c1-10(2,3)12-14(7)9-15(8)13-11(4,5)6/h14-15H,9H2,1-8H3. The van der Waals surface area contributed by atoms with Crippen molar-refractivity contribution in [3.05, 3.63) is 0 Å². The molecule has 2 nitrogen and oxygen atoms in total. The van der Waals surface area contributed by atoms with Gasteiger partial charge >= 0.3 is 0 Å². The molecule has 92 valence electrons. The Balaban J connectivity index is 3.92. The topological polar surface area (TPSA) is 18.5 Å². The van der Waals surface area contributed by atoms with Gasteiger partial charge in [0, 0.05) is 11.2 Å².